The Balaban J connectivity index is 1.41. The summed E-state index contributed by atoms with van der Waals surface area (Å²) in [6.45, 7) is 4.02. The molecule has 0 spiro atoms. The number of fused-ring (bicyclic) bond motifs is 1. The molecular weight excluding hydrogens is 510 g/mol. The van der Waals surface area contributed by atoms with Crippen molar-refractivity contribution < 1.29 is 17.7 Å². The lowest BCUT2D eigenvalue weighted by Crippen LogP contribution is -2.12. The molecule has 2 heterocycles. The number of aromatic nitrogens is 3. The molecule has 0 atom stereocenters. The maximum absolute atomic E-state index is 13.8. The van der Waals surface area contributed by atoms with E-state index >= 15 is 0 Å². The molecule has 10 heteroatoms. The van der Waals surface area contributed by atoms with Crippen LogP contribution in [0.2, 0.25) is 0 Å². The molecule has 5 rings (SSSR count). The van der Waals surface area contributed by atoms with Crippen LogP contribution in [0.4, 0.5) is 36.3 Å². The fourth-order valence-electron chi connectivity index (χ4n) is 4.11. The Morgan fingerprint density at radius 2 is 1.61 bits per heavy atom. The molecular formula is C28H25F3N5OP. The van der Waals surface area contributed by atoms with Gasteiger partial charge in [-0.25, -0.2) is 4.98 Å². The van der Waals surface area contributed by atoms with Crippen molar-refractivity contribution in [3.8, 4) is 0 Å². The van der Waals surface area contributed by atoms with E-state index in [4.69, 9.17) is 0 Å². The fourth-order valence-corrected chi connectivity index (χ4v) is 4.98. The highest BCUT2D eigenvalue weighted by molar-refractivity contribution is 7.70. The van der Waals surface area contributed by atoms with Crippen molar-refractivity contribution in [2.45, 2.75) is 12.7 Å². The van der Waals surface area contributed by atoms with E-state index < -0.39 is 18.9 Å². The summed E-state index contributed by atoms with van der Waals surface area (Å²) in [5, 5.41) is 7.34. The summed E-state index contributed by atoms with van der Waals surface area (Å²) in [7, 11) is -2.42. The van der Waals surface area contributed by atoms with Crippen molar-refractivity contribution in [3.05, 3.63) is 102 Å². The van der Waals surface area contributed by atoms with Crippen LogP contribution in [0.25, 0.3) is 10.9 Å². The first-order chi connectivity index (χ1) is 18.1. The number of hydrogen-bond acceptors (Lipinski definition) is 5. The molecule has 0 fully saturated rings. The second kappa shape index (κ2) is 9.99. The zero-order chi connectivity index (χ0) is 26.9. The minimum absolute atomic E-state index is 0.000443. The molecule has 0 unspecified atom stereocenters. The zero-order valence-electron chi connectivity index (χ0n) is 20.7. The molecule has 0 amide bonds. The van der Waals surface area contributed by atoms with Crippen LogP contribution in [0.15, 0.2) is 91.3 Å². The third-order valence-electron chi connectivity index (χ3n) is 6.07. The van der Waals surface area contributed by atoms with Crippen LogP contribution in [0.1, 0.15) is 11.1 Å². The molecule has 3 aromatic carbocycles. The predicted octanol–water partition coefficient (Wildman–Crippen LogP) is 7.23. The van der Waals surface area contributed by atoms with Gasteiger partial charge in [-0.3, -0.25) is 0 Å². The molecule has 2 N–H and O–H groups in total. The quantitative estimate of drug-likeness (QED) is 0.215. The van der Waals surface area contributed by atoms with Crippen LogP contribution < -0.4 is 15.9 Å². The monoisotopic (exact) mass is 535 g/mol. The maximum atomic E-state index is 13.8. The van der Waals surface area contributed by atoms with Crippen molar-refractivity contribution in [3.63, 3.8) is 0 Å². The molecule has 0 radical (unpaired) electrons. The zero-order valence-corrected chi connectivity index (χ0v) is 21.6. The fraction of sp³-hybridized carbons (Fsp3) is 0.143. The summed E-state index contributed by atoms with van der Waals surface area (Å²) < 4.78 is 55.6. The Labute approximate surface area is 217 Å². The number of benzene rings is 3. The normalized spacial score (nSPS) is 12.0. The van der Waals surface area contributed by atoms with Crippen LogP contribution >= 0.6 is 7.14 Å². The first kappa shape index (κ1) is 25.5. The van der Waals surface area contributed by atoms with Crippen LogP contribution in [0, 0.1) is 0 Å². The topological polar surface area (TPSA) is 71.8 Å². The van der Waals surface area contributed by atoms with Crippen molar-refractivity contribution >= 4 is 46.5 Å². The average molecular weight is 536 g/mol. The first-order valence-electron chi connectivity index (χ1n) is 11.8. The summed E-state index contributed by atoms with van der Waals surface area (Å²) in [6, 6.07) is 24.1. The minimum Gasteiger partial charge on any atom is -0.343 e. The Morgan fingerprint density at radius 3 is 2.29 bits per heavy atom. The van der Waals surface area contributed by atoms with Gasteiger partial charge in [-0.05, 0) is 67.4 Å². The molecule has 194 valence electrons. The number of halogens is 3. The average Bonchev–Trinajstić information content (AvgIpc) is 3.25. The van der Waals surface area contributed by atoms with Gasteiger partial charge in [0.25, 0.3) is 0 Å². The van der Waals surface area contributed by atoms with Gasteiger partial charge in [0, 0.05) is 46.5 Å². The number of nitrogens with zero attached hydrogens (tertiary/aromatic N) is 3. The lowest BCUT2D eigenvalue weighted by molar-refractivity contribution is -0.137. The number of alkyl halides is 3. The minimum atomic E-state index is -4.64. The standard InChI is InChI=1S/C28H25F3N5OP/c1-38(2,37)23-11-8-21(9-12-23)34-27-32-17-24(28(29,30)31)26(35-27)33-22-10-13-25-20(16-22)14-15-36(25)18-19-6-4-3-5-7-19/h3-17H,18H2,1-2H3,(H2,32,33,34,35). The number of anilines is 4. The smallest absolute Gasteiger partial charge is 0.343 e. The Kier molecular flexibility index (Phi) is 6.71. The predicted molar refractivity (Wildman–Crippen MR) is 147 cm³/mol. The summed E-state index contributed by atoms with van der Waals surface area (Å²) in [5.74, 6) is -0.360. The van der Waals surface area contributed by atoms with E-state index in [9.17, 15) is 17.7 Å². The molecule has 38 heavy (non-hydrogen) atoms. The van der Waals surface area contributed by atoms with Crippen molar-refractivity contribution in [1.82, 2.24) is 14.5 Å². The molecule has 5 aromatic rings. The van der Waals surface area contributed by atoms with Gasteiger partial charge in [0.15, 0.2) is 0 Å². The first-order valence-corrected chi connectivity index (χ1v) is 14.4. The SMILES string of the molecule is CP(C)(=O)c1ccc(Nc2ncc(C(F)(F)F)c(Nc3ccc4c(ccn4Cc4ccccc4)c3)n2)cc1. The highest BCUT2D eigenvalue weighted by Crippen LogP contribution is 2.37. The third-order valence-corrected chi connectivity index (χ3v) is 7.61. The van der Waals surface area contributed by atoms with E-state index in [-0.39, 0.29) is 11.8 Å². The number of hydrogen-bond donors (Lipinski definition) is 2. The van der Waals surface area contributed by atoms with Crippen molar-refractivity contribution in [2.75, 3.05) is 24.0 Å². The summed E-state index contributed by atoms with van der Waals surface area (Å²) in [6.07, 6.45) is -1.93. The van der Waals surface area contributed by atoms with Gasteiger partial charge in [0.1, 0.15) is 18.5 Å². The molecule has 0 aliphatic rings. The molecule has 0 saturated heterocycles. The third kappa shape index (κ3) is 5.73. The van der Waals surface area contributed by atoms with Crippen molar-refractivity contribution in [2.24, 2.45) is 0 Å². The largest absolute Gasteiger partial charge is 0.421 e. The van der Waals surface area contributed by atoms with Gasteiger partial charge < -0.3 is 19.8 Å². The maximum Gasteiger partial charge on any atom is 0.421 e. The van der Waals surface area contributed by atoms with Crippen LogP contribution in [-0.4, -0.2) is 27.9 Å². The molecule has 0 bridgehead atoms. The summed E-state index contributed by atoms with van der Waals surface area (Å²) in [4.78, 5) is 8.00. The van der Waals surface area contributed by atoms with Crippen molar-refractivity contribution in [1.29, 1.82) is 0 Å². The van der Waals surface area contributed by atoms with Gasteiger partial charge >= 0.3 is 6.18 Å². The van der Waals surface area contributed by atoms with E-state index in [2.05, 4.69) is 25.2 Å². The van der Waals surface area contributed by atoms with Crippen LogP contribution in [-0.2, 0) is 17.3 Å². The van der Waals surface area contributed by atoms with E-state index in [0.717, 1.165) is 22.7 Å². The Hall–Kier alpha value is -4.10. The molecule has 0 aliphatic heterocycles. The number of nitrogens with one attached hydrogen (secondary N) is 2. The van der Waals surface area contributed by atoms with E-state index in [1.165, 1.54) is 0 Å². The molecule has 0 saturated carbocycles. The van der Waals surface area contributed by atoms with E-state index in [1.807, 2.05) is 48.7 Å². The van der Waals surface area contributed by atoms with Gasteiger partial charge in [0.05, 0.1) is 0 Å². The van der Waals surface area contributed by atoms with Gasteiger partial charge in [-0.2, -0.15) is 18.2 Å². The summed E-state index contributed by atoms with van der Waals surface area (Å²) >= 11 is 0. The highest BCUT2D eigenvalue weighted by Gasteiger charge is 2.35. The van der Waals surface area contributed by atoms with Crippen LogP contribution in [0.5, 0.6) is 0 Å². The molecule has 0 aliphatic carbocycles. The van der Waals surface area contributed by atoms with Gasteiger partial charge in [-0.1, -0.05) is 30.3 Å². The molecule has 2 aromatic heterocycles. The Morgan fingerprint density at radius 1 is 0.895 bits per heavy atom. The van der Waals surface area contributed by atoms with Gasteiger partial charge in [0.2, 0.25) is 5.95 Å². The Bertz CT molecular complexity index is 1630. The lowest BCUT2D eigenvalue weighted by atomic mass is 10.2. The van der Waals surface area contributed by atoms with E-state index in [1.54, 1.807) is 49.7 Å². The lowest BCUT2D eigenvalue weighted by Gasteiger charge is -2.15. The molecule has 6 nitrogen and oxygen atoms in total. The second-order valence-corrected chi connectivity index (χ2v) is 12.5. The van der Waals surface area contributed by atoms with Gasteiger partial charge in [-0.15, -0.1) is 0 Å². The second-order valence-electron chi connectivity index (χ2n) is 9.30. The summed E-state index contributed by atoms with van der Waals surface area (Å²) in [5.41, 5.74) is 2.17. The van der Waals surface area contributed by atoms with E-state index in [0.29, 0.717) is 23.2 Å². The number of rotatable bonds is 7. The van der Waals surface area contributed by atoms with Crippen LogP contribution in [0.3, 0.4) is 0 Å². The highest BCUT2D eigenvalue weighted by atomic mass is 31.2.